The molecule has 116 valence electrons. The van der Waals surface area contributed by atoms with Crippen LogP contribution in [0.3, 0.4) is 0 Å². The Balaban J connectivity index is 1.78. The molecule has 0 aliphatic carbocycles. The van der Waals surface area contributed by atoms with Gasteiger partial charge in [-0.05, 0) is 58.7 Å². The van der Waals surface area contributed by atoms with E-state index in [1.54, 1.807) is 30.3 Å². The van der Waals surface area contributed by atoms with Crippen molar-refractivity contribution in [3.8, 4) is 5.75 Å². The van der Waals surface area contributed by atoms with Crippen molar-refractivity contribution in [2.24, 2.45) is 0 Å². The Morgan fingerprint density at radius 1 is 1.27 bits per heavy atom. The van der Waals surface area contributed by atoms with Gasteiger partial charge in [-0.2, -0.15) is 0 Å². The van der Waals surface area contributed by atoms with E-state index in [4.69, 9.17) is 16.3 Å². The zero-order valence-electron chi connectivity index (χ0n) is 11.5. The van der Waals surface area contributed by atoms with Gasteiger partial charge in [0.15, 0.2) is 6.61 Å². The van der Waals surface area contributed by atoms with Crippen molar-refractivity contribution in [2.75, 3.05) is 6.61 Å². The first-order valence-electron chi connectivity index (χ1n) is 6.19. The molecule has 1 aromatic heterocycles. The van der Waals surface area contributed by atoms with Gasteiger partial charge in [0, 0.05) is 5.02 Å². The van der Waals surface area contributed by atoms with E-state index in [0.29, 0.717) is 15.6 Å². The van der Waals surface area contributed by atoms with Gasteiger partial charge >= 0.3 is 0 Å². The number of carbonyl (C=O) groups is 2. The summed E-state index contributed by atoms with van der Waals surface area (Å²) in [4.78, 5) is 23.8. The normalized spacial score (nSPS) is 10.1. The van der Waals surface area contributed by atoms with Crippen molar-refractivity contribution in [1.82, 2.24) is 10.9 Å². The fraction of sp³-hybridized carbons (Fsp3) is 0.143. The lowest BCUT2D eigenvalue weighted by Crippen LogP contribution is -2.43. The van der Waals surface area contributed by atoms with Crippen molar-refractivity contribution in [3.63, 3.8) is 0 Å². The summed E-state index contributed by atoms with van der Waals surface area (Å²) in [5, 5.41) is 0.631. The predicted molar refractivity (Wildman–Crippen MR) is 89.3 cm³/mol. The molecule has 2 N–H and O–H groups in total. The van der Waals surface area contributed by atoms with E-state index in [-0.39, 0.29) is 12.5 Å². The standard InChI is InChI=1S/C14H12BrClN2O3S/c1-8-6-9(2-3-10(8)16)21-7-13(19)17-18-14(20)11-4-5-12(15)22-11/h2-6H,7H2,1H3,(H,17,19)(H,18,20). The zero-order chi connectivity index (χ0) is 16.1. The number of hydrogen-bond acceptors (Lipinski definition) is 4. The lowest BCUT2D eigenvalue weighted by molar-refractivity contribution is -0.123. The van der Waals surface area contributed by atoms with Gasteiger partial charge in [0.05, 0.1) is 8.66 Å². The van der Waals surface area contributed by atoms with Crippen molar-refractivity contribution in [3.05, 3.63) is 49.6 Å². The van der Waals surface area contributed by atoms with E-state index in [1.807, 2.05) is 6.92 Å². The third kappa shape index (κ3) is 4.72. The Bertz CT molecular complexity index is 705. The fourth-order valence-corrected chi connectivity index (χ4v) is 2.92. The molecule has 0 aliphatic rings. The lowest BCUT2D eigenvalue weighted by atomic mass is 10.2. The minimum absolute atomic E-state index is 0.213. The van der Waals surface area contributed by atoms with Gasteiger partial charge in [-0.15, -0.1) is 11.3 Å². The first-order valence-corrected chi connectivity index (χ1v) is 8.18. The third-order valence-corrected chi connectivity index (χ3v) is 4.66. The van der Waals surface area contributed by atoms with Gasteiger partial charge in [-0.1, -0.05) is 11.6 Å². The summed E-state index contributed by atoms with van der Waals surface area (Å²) < 4.78 is 6.16. The largest absolute Gasteiger partial charge is 0.484 e. The molecule has 1 aromatic carbocycles. The van der Waals surface area contributed by atoms with Crippen LogP contribution in [0.1, 0.15) is 15.2 Å². The monoisotopic (exact) mass is 402 g/mol. The number of amides is 2. The highest BCUT2D eigenvalue weighted by Crippen LogP contribution is 2.22. The van der Waals surface area contributed by atoms with E-state index in [0.717, 1.165) is 9.35 Å². The van der Waals surface area contributed by atoms with Crippen molar-refractivity contribution < 1.29 is 14.3 Å². The molecule has 0 spiro atoms. The maximum absolute atomic E-state index is 11.7. The molecule has 0 saturated carbocycles. The quantitative estimate of drug-likeness (QED) is 0.770. The van der Waals surface area contributed by atoms with Gasteiger partial charge < -0.3 is 4.74 Å². The lowest BCUT2D eigenvalue weighted by Gasteiger charge is -2.09. The maximum atomic E-state index is 11.7. The van der Waals surface area contributed by atoms with E-state index < -0.39 is 5.91 Å². The maximum Gasteiger partial charge on any atom is 0.279 e. The molecular formula is C14H12BrClN2O3S. The average molecular weight is 404 g/mol. The SMILES string of the molecule is Cc1cc(OCC(=O)NNC(=O)c2ccc(Br)s2)ccc1Cl. The van der Waals surface area contributed by atoms with Crippen LogP contribution in [-0.4, -0.2) is 18.4 Å². The highest BCUT2D eigenvalue weighted by molar-refractivity contribution is 9.11. The number of carbonyl (C=O) groups excluding carboxylic acids is 2. The second kappa shape index (κ2) is 7.62. The molecule has 0 saturated heterocycles. The molecule has 0 aliphatic heterocycles. The molecule has 0 atom stereocenters. The topological polar surface area (TPSA) is 67.4 Å². The number of halogens is 2. The molecule has 2 aromatic rings. The minimum Gasteiger partial charge on any atom is -0.484 e. The molecule has 22 heavy (non-hydrogen) atoms. The number of hydrogen-bond donors (Lipinski definition) is 2. The first-order chi connectivity index (χ1) is 10.5. The zero-order valence-corrected chi connectivity index (χ0v) is 14.6. The number of hydrazine groups is 1. The Labute approximate surface area is 144 Å². The van der Waals surface area contributed by atoms with Gasteiger partial charge in [0.25, 0.3) is 11.8 Å². The highest BCUT2D eigenvalue weighted by atomic mass is 79.9. The van der Waals surface area contributed by atoms with Crippen molar-refractivity contribution in [1.29, 1.82) is 0 Å². The Morgan fingerprint density at radius 2 is 2.05 bits per heavy atom. The summed E-state index contributed by atoms with van der Waals surface area (Å²) in [6, 6.07) is 8.51. The fourth-order valence-electron chi connectivity index (χ4n) is 1.52. The summed E-state index contributed by atoms with van der Waals surface area (Å²) in [6.45, 7) is 1.63. The summed E-state index contributed by atoms with van der Waals surface area (Å²) in [5.41, 5.74) is 5.46. The van der Waals surface area contributed by atoms with E-state index in [9.17, 15) is 9.59 Å². The van der Waals surface area contributed by atoms with Crippen molar-refractivity contribution in [2.45, 2.75) is 6.92 Å². The molecule has 1 heterocycles. The number of benzene rings is 1. The van der Waals surface area contributed by atoms with Crippen LogP contribution in [0.5, 0.6) is 5.75 Å². The van der Waals surface area contributed by atoms with Crippen LogP contribution >= 0.6 is 38.9 Å². The summed E-state index contributed by atoms with van der Waals surface area (Å²) in [7, 11) is 0. The smallest absolute Gasteiger partial charge is 0.279 e. The van der Waals surface area contributed by atoms with Crippen LogP contribution in [0.2, 0.25) is 5.02 Å². The predicted octanol–water partition coefficient (Wildman–Crippen LogP) is 3.31. The highest BCUT2D eigenvalue weighted by Gasteiger charge is 2.10. The van der Waals surface area contributed by atoms with Crippen molar-refractivity contribution >= 4 is 50.7 Å². The van der Waals surface area contributed by atoms with E-state index in [2.05, 4.69) is 26.8 Å². The molecule has 0 fully saturated rings. The summed E-state index contributed by atoms with van der Waals surface area (Å²) in [5.74, 6) is -0.312. The minimum atomic E-state index is -0.462. The van der Waals surface area contributed by atoms with Crippen LogP contribution in [0.25, 0.3) is 0 Å². The number of ether oxygens (including phenoxy) is 1. The first kappa shape index (κ1) is 16.8. The molecule has 2 rings (SSSR count). The molecule has 0 radical (unpaired) electrons. The molecule has 0 bridgehead atoms. The van der Waals surface area contributed by atoms with Gasteiger partial charge in [-0.3, -0.25) is 20.4 Å². The average Bonchev–Trinajstić information content (AvgIpc) is 2.92. The van der Waals surface area contributed by atoms with E-state index >= 15 is 0 Å². The summed E-state index contributed by atoms with van der Waals surface area (Å²) >= 11 is 10.4. The van der Waals surface area contributed by atoms with Crippen LogP contribution in [0, 0.1) is 6.92 Å². The third-order valence-electron chi connectivity index (χ3n) is 2.61. The molecule has 0 unspecified atom stereocenters. The number of thiophene rings is 1. The second-order valence-corrected chi connectivity index (χ2v) is 7.18. The van der Waals surface area contributed by atoms with Gasteiger partial charge in [0.1, 0.15) is 5.75 Å². The Morgan fingerprint density at radius 3 is 2.68 bits per heavy atom. The number of nitrogens with one attached hydrogen (secondary N) is 2. The molecular weight excluding hydrogens is 392 g/mol. The summed E-state index contributed by atoms with van der Waals surface area (Å²) in [6.07, 6.45) is 0. The van der Waals surface area contributed by atoms with Gasteiger partial charge in [-0.25, -0.2) is 0 Å². The van der Waals surface area contributed by atoms with Crippen LogP contribution < -0.4 is 15.6 Å². The van der Waals surface area contributed by atoms with Gasteiger partial charge in [0.2, 0.25) is 0 Å². The van der Waals surface area contributed by atoms with Crippen LogP contribution in [-0.2, 0) is 4.79 Å². The Hall–Kier alpha value is -1.57. The van der Waals surface area contributed by atoms with E-state index in [1.165, 1.54) is 11.3 Å². The Kier molecular flexibility index (Phi) is 5.82. The van der Waals surface area contributed by atoms with Crippen LogP contribution in [0.4, 0.5) is 0 Å². The second-order valence-electron chi connectivity index (χ2n) is 4.31. The van der Waals surface area contributed by atoms with Crippen LogP contribution in [0.15, 0.2) is 34.1 Å². The number of aryl methyl sites for hydroxylation is 1. The molecule has 8 heteroatoms. The molecule has 5 nitrogen and oxygen atoms in total. The molecule has 2 amide bonds. The number of rotatable bonds is 4.